The maximum Gasteiger partial charge on any atom is 0.257 e. The van der Waals surface area contributed by atoms with Crippen LogP contribution in [0.3, 0.4) is 0 Å². The van der Waals surface area contributed by atoms with E-state index in [9.17, 15) is 9.18 Å². The van der Waals surface area contributed by atoms with Crippen LogP contribution in [0.5, 0.6) is 0 Å². The van der Waals surface area contributed by atoms with Gasteiger partial charge in [0, 0.05) is 16.8 Å². The number of amides is 1. The average molecular weight is 335 g/mol. The standard InChI is InChI=1S/C17H16ClFN2O2/c1-11-10-23-16(12-4-2-3-5-14(12)18)9-21(11)17(22)13-6-7-20-8-15(13)19/h2-8,11,16H,9-10H2,1H3/t11-,16-/m1/s1. The topological polar surface area (TPSA) is 42.4 Å². The normalized spacial score (nSPS) is 21.3. The highest BCUT2D eigenvalue weighted by Crippen LogP contribution is 2.30. The van der Waals surface area contributed by atoms with E-state index in [2.05, 4.69) is 4.98 Å². The number of aromatic nitrogens is 1. The largest absolute Gasteiger partial charge is 0.369 e. The maximum atomic E-state index is 13.8. The Labute approximate surface area is 138 Å². The van der Waals surface area contributed by atoms with E-state index in [0.717, 1.165) is 11.8 Å². The summed E-state index contributed by atoms with van der Waals surface area (Å²) in [7, 11) is 0. The third-order valence-electron chi connectivity index (χ3n) is 3.95. The minimum Gasteiger partial charge on any atom is -0.369 e. The third-order valence-corrected chi connectivity index (χ3v) is 4.29. The number of carbonyl (C=O) groups excluding carboxylic acids is 1. The first kappa shape index (κ1) is 15.9. The Morgan fingerprint density at radius 2 is 2.17 bits per heavy atom. The van der Waals surface area contributed by atoms with E-state index < -0.39 is 5.82 Å². The van der Waals surface area contributed by atoms with Gasteiger partial charge < -0.3 is 9.64 Å². The molecule has 1 aromatic heterocycles. The molecule has 2 aromatic rings. The minimum absolute atomic E-state index is 0.0201. The monoisotopic (exact) mass is 334 g/mol. The Morgan fingerprint density at radius 1 is 1.39 bits per heavy atom. The molecular weight excluding hydrogens is 319 g/mol. The van der Waals surface area contributed by atoms with Gasteiger partial charge in [-0.1, -0.05) is 29.8 Å². The predicted molar refractivity (Wildman–Crippen MR) is 84.8 cm³/mol. The van der Waals surface area contributed by atoms with E-state index in [0.29, 0.717) is 18.2 Å². The van der Waals surface area contributed by atoms with Crippen molar-refractivity contribution < 1.29 is 13.9 Å². The van der Waals surface area contributed by atoms with Crippen LogP contribution < -0.4 is 0 Å². The molecule has 0 bridgehead atoms. The summed E-state index contributed by atoms with van der Waals surface area (Å²) in [6.07, 6.45) is 2.13. The zero-order valence-electron chi connectivity index (χ0n) is 12.6. The molecule has 23 heavy (non-hydrogen) atoms. The van der Waals surface area contributed by atoms with Crippen LogP contribution in [-0.4, -0.2) is 35.0 Å². The van der Waals surface area contributed by atoms with Gasteiger partial charge in [-0.3, -0.25) is 9.78 Å². The Kier molecular flexibility index (Phi) is 4.59. The summed E-state index contributed by atoms with van der Waals surface area (Å²) in [5.74, 6) is -0.983. The number of rotatable bonds is 2. The molecule has 0 aliphatic carbocycles. The van der Waals surface area contributed by atoms with Gasteiger partial charge >= 0.3 is 0 Å². The molecule has 120 valence electrons. The zero-order chi connectivity index (χ0) is 16.4. The van der Waals surface area contributed by atoms with Crippen LogP contribution in [0.2, 0.25) is 5.02 Å². The van der Waals surface area contributed by atoms with Crippen LogP contribution in [0.4, 0.5) is 4.39 Å². The molecule has 3 rings (SSSR count). The average Bonchev–Trinajstić information content (AvgIpc) is 2.56. The lowest BCUT2D eigenvalue weighted by Gasteiger charge is -2.38. The van der Waals surface area contributed by atoms with Crippen molar-refractivity contribution in [1.82, 2.24) is 9.88 Å². The van der Waals surface area contributed by atoms with Gasteiger partial charge in [0.05, 0.1) is 31.0 Å². The second-order valence-electron chi connectivity index (χ2n) is 5.51. The van der Waals surface area contributed by atoms with E-state index in [1.165, 1.54) is 12.3 Å². The van der Waals surface area contributed by atoms with Crippen LogP contribution >= 0.6 is 11.6 Å². The van der Waals surface area contributed by atoms with Crippen molar-refractivity contribution in [2.24, 2.45) is 0 Å². The molecule has 1 fully saturated rings. The molecule has 1 aliphatic heterocycles. The van der Waals surface area contributed by atoms with Gasteiger partial charge in [-0.2, -0.15) is 0 Å². The Balaban J connectivity index is 1.86. The lowest BCUT2D eigenvalue weighted by Crippen LogP contribution is -2.48. The van der Waals surface area contributed by atoms with Crippen LogP contribution in [0.25, 0.3) is 0 Å². The summed E-state index contributed by atoms with van der Waals surface area (Å²) < 4.78 is 19.7. The molecule has 0 N–H and O–H groups in total. The van der Waals surface area contributed by atoms with Gasteiger partial charge in [0.15, 0.2) is 5.82 Å². The molecule has 1 aliphatic rings. The number of benzene rings is 1. The minimum atomic E-state index is -0.620. The Bertz CT molecular complexity index is 725. The number of halogens is 2. The Morgan fingerprint density at radius 3 is 2.91 bits per heavy atom. The summed E-state index contributed by atoms with van der Waals surface area (Å²) in [6, 6.07) is 8.62. The number of ether oxygens (including phenoxy) is 1. The first-order valence-electron chi connectivity index (χ1n) is 7.34. The van der Waals surface area contributed by atoms with Gasteiger partial charge in [-0.25, -0.2) is 4.39 Å². The number of hydrogen-bond acceptors (Lipinski definition) is 3. The molecule has 0 radical (unpaired) electrons. The molecular formula is C17H16ClFN2O2. The number of morpholine rings is 1. The van der Waals surface area contributed by atoms with Crippen molar-refractivity contribution in [1.29, 1.82) is 0 Å². The second-order valence-corrected chi connectivity index (χ2v) is 5.91. The summed E-state index contributed by atoms with van der Waals surface area (Å²) >= 11 is 6.21. The second kappa shape index (κ2) is 6.64. The molecule has 0 unspecified atom stereocenters. The summed E-state index contributed by atoms with van der Waals surface area (Å²) in [6.45, 7) is 2.57. The molecule has 1 saturated heterocycles. The number of carbonyl (C=O) groups is 1. The first-order chi connectivity index (χ1) is 11.1. The maximum absolute atomic E-state index is 13.8. The molecule has 1 amide bonds. The molecule has 0 spiro atoms. The van der Waals surface area contributed by atoms with Crippen LogP contribution in [0.1, 0.15) is 28.9 Å². The van der Waals surface area contributed by atoms with Crippen molar-refractivity contribution in [3.8, 4) is 0 Å². The molecule has 6 heteroatoms. The van der Waals surface area contributed by atoms with Crippen LogP contribution in [-0.2, 0) is 4.74 Å². The van der Waals surface area contributed by atoms with Gasteiger partial charge in [-0.15, -0.1) is 0 Å². The fourth-order valence-corrected chi connectivity index (χ4v) is 2.92. The van der Waals surface area contributed by atoms with Crippen LogP contribution in [0, 0.1) is 5.82 Å². The first-order valence-corrected chi connectivity index (χ1v) is 7.72. The van der Waals surface area contributed by atoms with E-state index in [-0.39, 0.29) is 23.6 Å². The predicted octanol–water partition coefficient (Wildman–Crippen LogP) is 3.48. The lowest BCUT2D eigenvalue weighted by molar-refractivity contribution is -0.0487. The van der Waals surface area contributed by atoms with Crippen molar-refractivity contribution in [2.45, 2.75) is 19.1 Å². The lowest BCUT2D eigenvalue weighted by atomic mass is 10.0. The third kappa shape index (κ3) is 3.21. The van der Waals surface area contributed by atoms with Crippen molar-refractivity contribution in [3.05, 3.63) is 64.7 Å². The van der Waals surface area contributed by atoms with Crippen LogP contribution in [0.15, 0.2) is 42.7 Å². The van der Waals surface area contributed by atoms with Crippen molar-refractivity contribution in [2.75, 3.05) is 13.2 Å². The van der Waals surface area contributed by atoms with Crippen molar-refractivity contribution >= 4 is 17.5 Å². The van der Waals surface area contributed by atoms with Gasteiger partial charge in [0.2, 0.25) is 0 Å². The van der Waals surface area contributed by atoms with Crippen molar-refractivity contribution in [3.63, 3.8) is 0 Å². The SMILES string of the molecule is C[C@@H]1CO[C@@H](c2ccccc2Cl)CN1C(=O)c1ccncc1F. The molecule has 0 saturated carbocycles. The van der Waals surface area contributed by atoms with E-state index in [1.54, 1.807) is 11.0 Å². The number of nitrogens with zero attached hydrogens (tertiary/aromatic N) is 2. The zero-order valence-corrected chi connectivity index (χ0v) is 13.3. The van der Waals surface area contributed by atoms with Gasteiger partial charge in [-0.05, 0) is 19.1 Å². The molecule has 2 heterocycles. The fourth-order valence-electron chi connectivity index (χ4n) is 2.67. The molecule has 2 atom stereocenters. The van der Waals surface area contributed by atoms with E-state index >= 15 is 0 Å². The molecule has 4 nitrogen and oxygen atoms in total. The fraction of sp³-hybridized carbons (Fsp3) is 0.294. The van der Waals surface area contributed by atoms with Gasteiger partial charge in [0.1, 0.15) is 6.10 Å². The number of hydrogen-bond donors (Lipinski definition) is 0. The van der Waals surface area contributed by atoms with E-state index in [1.807, 2.05) is 25.1 Å². The summed E-state index contributed by atoms with van der Waals surface area (Å²) in [5, 5.41) is 0.592. The summed E-state index contributed by atoms with van der Waals surface area (Å²) in [5.41, 5.74) is 0.848. The van der Waals surface area contributed by atoms with E-state index in [4.69, 9.17) is 16.3 Å². The smallest absolute Gasteiger partial charge is 0.257 e. The number of pyridine rings is 1. The molecule has 1 aromatic carbocycles. The highest BCUT2D eigenvalue weighted by Gasteiger charge is 2.32. The highest BCUT2D eigenvalue weighted by atomic mass is 35.5. The van der Waals surface area contributed by atoms with Gasteiger partial charge in [0.25, 0.3) is 5.91 Å². The highest BCUT2D eigenvalue weighted by molar-refractivity contribution is 6.31. The summed E-state index contributed by atoms with van der Waals surface area (Å²) in [4.78, 5) is 18.0. The Hall–Kier alpha value is -1.98. The quantitative estimate of drug-likeness (QED) is 0.844.